The van der Waals surface area contributed by atoms with Gasteiger partial charge in [0.1, 0.15) is 0 Å². The van der Waals surface area contributed by atoms with E-state index in [1.165, 1.54) is 36.4 Å². The van der Waals surface area contributed by atoms with Gasteiger partial charge in [0, 0.05) is 30.6 Å². The van der Waals surface area contributed by atoms with E-state index in [-0.39, 0.29) is 0 Å². The molecule has 0 aliphatic carbocycles. The second-order valence-corrected chi connectivity index (χ2v) is 7.23. The molecule has 0 radical (unpaired) electrons. The Labute approximate surface area is 128 Å². The smallest absolute Gasteiger partial charge is 0.0237 e. The van der Waals surface area contributed by atoms with Crippen molar-refractivity contribution in [2.24, 2.45) is 0 Å². The van der Waals surface area contributed by atoms with E-state index in [2.05, 4.69) is 60.1 Å². The molecule has 2 nitrogen and oxygen atoms in total. The van der Waals surface area contributed by atoms with E-state index in [0.717, 1.165) is 31.3 Å². The summed E-state index contributed by atoms with van der Waals surface area (Å²) in [6.07, 6.45) is 2.36. The van der Waals surface area contributed by atoms with Gasteiger partial charge in [0.2, 0.25) is 0 Å². The molecule has 2 rings (SSSR count). The van der Waals surface area contributed by atoms with Crippen LogP contribution in [-0.4, -0.2) is 42.1 Å². The molecule has 112 valence electrons. The summed E-state index contributed by atoms with van der Waals surface area (Å²) < 4.78 is 0. The quantitative estimate of drug-likeness (QED) is 0.777. The summed E-state index contributed by atoms with van der Waals surface area (Å²) in [4.78, 5) is 2.61. The Morgan fingerprint density at radius 3 is 2.80 bits per heavy atom. The summed E-state index contributed by atoms with van der Waals surface area (Å²) in [6, 6.07) is 8.96. The Hall–Kier alpha value is -0.510. The molecular weight excluding hydrogens is 264 g/mol. The molecule has 1 aromatic rings. The minimum absolute atomic E-state index is 0.780. The zero-order valence-electron chi connectivity index (χ0n) is 12.9. The van der Waals surface area contributed by atoms with E-state index in [1.54, 1.807) is 0 Å². The van der Waals surface area contributed by atoms with Crippen molar-refractivity contribution >= 4 is 11.8 Å². The van der Waals surface area contributed by atoms with Gasteiger partial charge < -0.3 is 5.32 Å². The molecule has 1 heterocycles. The van der Waals surface area contributed by atoms with E-state index in [0.29, 0.717) is 0 Å². The standard InChI is InChI=1S/C17H28N2S/c1-3-9-18-10-8-16-6-4-5-7-17(16)14-19-11-12-20-15(2)13-19/h4-7,15,18H,3,8-14H2,1-2H3. The first-order valence-corrected chi connectivity index (χ1v) is 8.96. The average Bonchev–Trinajstić information content (AvgIpc) is 2.45. The third kappa shape index (κ3) is 5.12. The Bertz CT molecular complexity index is 394. The van der Waals surface area contributed by atoms with E-state index >= 15 is 0 Å². The van der Waals surface area contributed by atoms with E-state index in [1.807, 2.05) is 0 Å². The predicted molar refractivity (Wildman–Crippen MR) is 90.5 cm³/mol. The maximum Gasteiger partial charge on any atom is 0.0237 e. The fourth-order valence-corrected chi connectivity index (χ4v) is 3.84. The van der Waals surface area contributed by atoms with Crippen LogP contribution in [0.1, 0.15) is 31.4 Å². The second kappa shape index (κ2) is 8.71. The monoisotopic (exact) mass is 292 g/mol. The first-order valence-electron chi connectivity index (χ1n) is 7.91. The van der Waals surface area contributed by atoms with Gasteiger partial charge in [0.05, 0.1) is 0 Å². The summed E-state index contributed by atoms with van der Waals surface area (Å²) >= 11 is 2.10. The first kappa shape index (κ1) is 15.9. The predicted octanol–water partition coefficient (Wildman–Crippen LogP) is 3.17. The highest BCUT2D eigenvalue weighted by Crippen LogP contribution is 2.20. The van der Waals surface area contributed by atoms with Gasteiger partial charge in [0.15, 0.2) is 0 Å². The highest BCUT2D eigenvalue weighted by atomic mass is 32.2. The summed E-state index contributed by atoms with van der Waals surface area (Å²) in [5, 5.41) is 4.28. The highest BCUT2D eigenvalue weighted by molar-refractivity contribution is 7.99. The van der Waals surface area contributed by atoms with Crippen LogP contribution in [0, 0.1) is 0 Å². The van der Waals surface area contributed by atoms with Crippen molar-refractivity contribution in [1.82, 2.24) is 10.2 Å². The fraction of sp³-hybridized carbons (Fsp3) is 0.647. The molecule has 1 unspecified atom stereocenters. The lowest BCUT2D eigenvalue weighted by Gasteiger charge is -2.31. The van der Waals surface area contributed by atoms with Crippen molar-refractivity contribution in [3.63, 3.8) is 0 Å². The number of benzene rings is 1. The fourth-order valence-electron chi connectivity index (χ4n) is 2.76. The number of hydrogen-bond acceptors (Lipinski definition) is 3. The normalized spacial score (nSPS) is 20.2. The van der Waals surface area contributed by atoms with Crippen molar-refractivity contribution < 1.29 is 0 Å². The molecule has 1 saturated heterocycles. The lowest BCUT2D eigenvalue weighted by molar-refractivity contribution is 0.277. The van der Waals surface area contributed by atoms with Gasteiger partial charge in [-0.3, -0.25) is 4.90 Å². The van der Waals surface area contributed by atoms with Crippen LogP contribution in [0.2, 0.25) is 0 Å². The molecule has 0 saturated carbocycles. The number of thioether (sulfide) groups is 1. The van der Waals surface area contributed by atoms with Crippen molar-refractivity contribution in [2.45, 2.75) is 38.5 Å². The molecule has 1 fully saturated rings. The second-order valence-electron chi connectivity index (χ2n) is 5.69. The van der Waals surface area contributed by atoms with Crippen LogP contribution in [0.4, 0.5) is 0 Å². The van der Waals surface area contributed by atoms with Gasteiger partial charge in [-0.25, -0.2) is 0 Å². The maximum atomic E-state index is 3.50. The van der Waals surface area contributed by atoms with Crippen LogP contribution in [-0.2, 0) is 13.0 Å². The minimum atomic E-state index is 0.780. The summed E-state index contributed by atoms with van der Waals surface area (Å²) in [7, 11) is 0. The zero-order valence-corrected chi connectivity index (χ0v) is 13.7. The van der Waals surface area contributed by atoms with Crippen molar-refractivity contribution in [3.05, 3.63) is 35.4 Å². The maximum absolute atomic E-state index is 3.50. The van der Waals surface area contributed by atoms with Crippen LogP contribution >= 0.6 is 11.8 Å². The van der Waals surface area contributed by atoms with Crippen molar-refractivity contribution in [3.8, 4) is 0 Å². The van der Waals surface area contributed by atoms with Crippen molar-refractivity contribution in [1.29, 1.82) is 0 Å². The van der Waals surface area contributed by atoms with E-state index < -0.39 is 0 Å². The number of nitrogens with one attached hydrogen (secondary N) is 1. The molecule has 20 heavy (non-hydrogen) atoms. The molecule has 0 spiro atoms. The van der Waals surface area contributed by atoms with Gasteiger partial charge in [-0.05, 0) is 37.1 Å². The molecule has 0 bridgehead atoms. The van der Waals surface area contributed by atoms with Gasteiger partial charge in [-0.2, -0.15) is 11.8 Å². The lowest BCUT2D eigenvalue weighted by atomic mass is 10.0. The van der Waals surface area contributed by atoms with E-state index in [4.69, 9.17) is 0 Å². The highest BCUT2D eigenvalue weighted by Gasteiger charge is 2.17. The van der Waals surface area contributed by atoms with Crippen molar-refractivity contribution in [2.75, 3.05) is 31.9 Å². The van der Waals surface area contributed by atoms with Crippen LogP contribution in [0.15, 0.2) is 24.3 Å². The Morgan fingerprint density at radius 1 is 1.25 bits per heavy atom. The molecular formula is C17H28N2S. The lowest BCUT2D eigenvalue weighted by Crippen LogP contribution is -2.36. The molecule has 0 aromatic heterocycles. The third-order valence-corrected chi connectivity index (χ3v) is 4.97. The molecule has 1 atom stereocenters. The third-order valence-electron chi connectivity index (χ3n) is 3.84. The Kier molecular flexibility index (Phi) is 6.91. The minimum Gasteiger partial charge on any atom is -0.316 e. The van der Waals surface area contributed by atoms with Crippen LogP contribution < -0.4 is 5.32 Å². The summed E-state index contributed by atoms with van der Waals surface area (Å²) in [5.74, 6) is 1.28. The van der Waals surface area contributed by atoms with Gasteiger partial charge >= 0.3 is 0 Å². The number of hydrogen-bond donors (Lipinski definition) is 1. The molecule has 3 heteroatoms. The number of rotatable bonds is 7. The SMILES string of the molecule is CCCNCCc1ccccc1CN1CCSC(C)C1. The largest absolute Gasteiger partial charge is 0.316 e. The topological polar surface area (TPSA) is 15.3 Å². The van der Waals surface area contributed by atoms with Gasteiger partial charge in [0.25, 0.3) is 0 Å². The van der Waals surface area contributed by atoms with Gasteiger partial charge in [-0.1, -0.05) is 38.1 Å². The Morgan fingerprint density at radius 2 is 2.05 bits per heavy atom. The first-order chi connectivity index (χ1) is 9.79. The molecule has 1 aromatic carbocycles. The zero-order chi connectivity index (χ0) is 14.2. The Balaban J connectivity index is 1.89. The van der Waals surface area contributed by atoms with Gasteiger partial charge in [-0.15, -0.1) is 0 Å². The van der Waals surface area contributed by atoms with Crippen LogP contribution in [0.3, 0.4) is 0 Å². The molecule has 1 aliphatic rings. The van der Waals surface area contributed by atoms with Crippen LogP contribution in [0.25, 0.3) is 0 Å². The molecule has 0 amide bonds. The van der Waals surface area contributed by atoms with E-state index in [9.17, 15) is 0 Å². The van der Waals surface area contributed by atoms with Crippen LogP contribution in [0.5, 0.6) is 0 Å². The summed E-state index contributed by atoms with van der Waals surface area (Å²) in [6.45, 7) is 10.4. The molecule has 1 N–H and O–H groups in total. The number of nitrogens with zero attached hydrogens (tertiary/aromatic N) is 1. The molecule has 1 aliphatic heterocycles. The summed E-state index contributed by atoms with van der Waals surface area (Å²) in [5.41, 5.74) is 3.03. The average molecular weight is 292 g/mol.